The maximum atomic E-state index is 12.5. The van der Waals surface area contributed by atoms with Crippen molar-refractivity contribution in [2.24, 2.45) is 5.41 Å². The van der Waals surface area contributed by atoms with E-state index in [0.29, 0.717) is 0 Å². The fraction of sp³-hybridized carbons (Fsp3) is 0.846. The lowest BCUT2D eigenvalue weighted by Gasteiger charge is -2.34. The Kier molecular flexibility index (Phi) is 4.35. The van der Waals surface area contributed by atoms with Gasteiger partial charge in [-0.2, -0.15) is 5.26 Å². The fourth-order valence-electron chi connectivity index (χ4n) is 2.64. The van der Waals surface area contributed by atoms with E-state index in [0.717, 1.165) is 32.1 Å². The van der Waals surface area contributed by atoms with Crippen LogP contribution < -0.4 is 0 Å². The van der Waals surface area contributed by atoms with Gasteiger partial charge in [0.1, 0.15) is 6.54 Å². The molecule has 1 aliphatic carbocycles. The molecule has 16 heavy (non-hydrogen) atoms. The molecule has 3 nitrogen and oxygen atoms in total. The minimum absolute atomic E-state index is 0.121. The summed E-state index contributed by atoms with van der Waals surface area (Å²) in [5.74, 6) is 0.198. The standard InChI is InChI=1S/C13H22N2O/c1-4-13(7-5-6-8-13)12(16)15(10-9-14)11(2)3/h11H,4-8,10H2,1-3H3. The Bertz CT molecular complexity index is 285. The van der Waals surface area contributed by atoms with Gasteiger partial charge in [0.2, 0.25) is 5.91 Å². The molecule has 0 aromatic rings. The van der Waals surface area contributed by atoms with Crippen molar-refractivity contribution < 1.29 is 4.79 Å². The van der Waals surface area contributed by atoms with Crippen LogP contribution in [-0.4, -0.2) is 23.4 Å². The average Bonchev–Trinajstić information content (AvgIpc) is 2.74. The minimum Gasteiger partial charge on any atom is -0.326 e. The lowest BCUT2D eigenvalue weighted by molar-refractivity contribution is -0.143. The van der Waals surface area contributed by atoms with Crippen LogP contribution in [0.5, 0.6) is 0 Å². The van der Waals surface area contributed by atoms with E-state index in [1.165, 1.54) is 0 Å². The van der Waals surface area contributed by atoms with Gasteiger partial charge in [0, 0.05) is 11.5 Å². The van der Waals surface area contributed by atoms with Crippen molar-refractivity contribution >= 4 is 5.91 Å². The number of hydrogen-bond acceptors (Lipinski definition) is 2. The maximum Gasteiger partial charge on any atom is 0.229 e. The van der Waals surface area contributed by atoms with Gasteiger partial charge in [-0.05, 0) is 33.1 Å². The van der Waals surface area contributed by atoms with Gasteiger partial charge in [-0.25, -0.2) is 0 Å². The Hall–Kier alpha value is -1.04. The molecule has 0 atom stereocenters. The molecule has 1 saturated carbocycles. The van der Waals surface area contributed by atoms with Crippen LogP contribution in [0.3, 0.4) is 0 Å². The average molecular weight is 222 g/mol. The summed E-state index contributed by atoms with van der Waals surface area (Å²) in [7, 11) is 0. The molecular formula is C13H22N2O. The third kappa shape index (κ3) is 2.37. The Balaban J connectivity index is 2.84. The van der Waals surface area contributed by atoms with E-state index in [-0.39, 0.29) is 23.9 Å². The van der Waals surface area contributed by atoms with Gasteiger partial charge in [0.05, 0.1) is 6.07 Å². The van der Waals surface area contributed by atoms with Crippen LogP contribution in [-0.2, 0) is 4.79 Å². The van der Waals surface area contributed by atoms with Gasteiger partial charge in [-0.3, -0.25) is 4.79 Å². The van der Waals surface area contributed by atoms with E-state index in [1.807, 2.05) is 13.8 Å². The van der Waals surface area contributed by atoms with E-state index in [9.17, 15) is 4.79 Å². The van der Waals surface area contributed by atoms with E-state index in [2.05, 4.69) is 13.0 Å². The van der Waals surface area contributed by atoms with Crippen LogP contribution in [0.1, 0.15) is 52.9 Å². The summed E-state index contributed by atoms with van der Waals surface area (Å²) in [6, 6.07) is 2.22. The number of hydrogen-bond donors (Lipinski definition) is 0. The monoisotopic (exact) mass is 222 g/mol. The normalized spacial score (nSPS) is 18.4. The first-order chi connectivity index (χ1) is 7.57. The van der Waals surface area contributed by atoms with E-state index in [1.54, 1.807) is 4.90 Å². The number of carbonyl (C=O) groups is 1. The quantitative estimate of drug-likeness (QED) is 0.686. The zero-order chi connectivity index (χ0) is 12.2. The topological polar surface area (TPSA) is 44.1 Å². The smallest absolute Gasteiger partial charge is 0.229 e. The minimum atomic E-state index is -0.166. The first kappa shape index (κ1) is 13.0. The highest BCUT2D eigenvalue weighted by atomic mass is 16.2. The molecule has 0 saturated heterocycles. The molecule has 0 heterocycles. The van der Waals surface area contributed by atoms with Crippen molar-refractivity contribution in [2.45, 2.75) is 58.9 Å². The van der Waals surface area contributed by atoms with E-state index >= 15 is 0 Å². The van der Waals surface area contributed by atoms with Crippen LogP contribution in [0.15, 0.2) is 0 Å². The predicted octanol–water partition coefficient (Wildman–Crippen LogP) is 2.72. The van der Waals surface area contributed by atoms with E-state index in [4.69, 9.17) is 5.26 Å². The summed E-state index contributed by atoms with van der Waals surface area (Å²) >= 11 is 0. The van der Waals surface area contributed by atoms with Gasteiger partial charge in [0.25, 0.3) is 0 Å². The van der Waals surface area contributed by atoms with Crippen LogP contribution in [0.4, 0.5) is 0 Å². The molecule has 3 heteroatoms. The molecule has 0 spiro atoms. The van der Waals surface area contributed by atoms with Crippen LogP contribution in [0.2, 0.25) is 0 Å². The molecule has 1 aliphatic rings. The van der Waals surface area contributed by atoms with Crippen molar-refractivity contribution in [2.75, 3.05) is 6.54 Å². The van der Waals surface area contributed by atoms with Gasteiger partial charge < -0.3 is 4.90 Å². The zero-order valence-corrected chi connectivity index (χ0v) is 10.6. The van der Waals surface area contributed by atoms with Crippen molar-refractivity contribution in [1.82, 2.24) is 4.90 Å². The fourth-order valence-corrected chi connectivity index (χ4v) is 2.64. The molecule has 0 aliphatic heterocycles. The molecule has 0 bridgehead atoms. The van der Waals surface area contributed by atoms with Crippen LogP contribution in [0, 0.1) is 16.7 Å². The third-order valence-electron chi connectivity index (χ3n) is 3.82. The van der Waals surface area contributed by atoms with Crippen LogP contribution in [0.25, 0.3) is 0 Å². The second-order valence-corrected chi connectivity index (χ2v) is 5.03. The molecular weight excluding hydrogens is 200 g/mol. The first-order valence-corrected chi connectivity index (χ1v) is 6.25. The summed E-state index contributed by atoms with van der Waals surface area (Å²) < 4.78 is 0. The largest absolute Gasteiger partial charge is 0.326 e. The first-order valence-electron chi connectivity index (χ1n) is 6.25. The molecule has 90 valence electrons. The predicted molar refractivity (Wildman–Crippen MR) is 63.7 cm³/mol. The Morgan fingerprint density at radius 3 is 2.38 bits per heavy atom. The van der Waals surface area contributed by atoms with Crippen molar-refractivity contribution in [3.05, 3.63) is 0 Å². The SMILES string of the molecule is CCC1(C(=O)N(CC#N)C(C)C)CCCC1. The number of nitriles is 1. The molecule has 0 aromatic carbocycles. The second-order valence-electron chi connectivity index (χ2n) is 5.03. The maximum absolute atomic E-state index is 12.5. The number of amides is 1. The number of nitrogens with zero attached hydrogens (tertiary/aromatic N) is 2. The molecule has 0 unspecified atom stereocenters. The summed E-state index contributed by atoms with van der Waals surface area (Å²) in [6.45, 7) is 6.27. The van der Waals surface area contributed by atoms with Gasteiger partial charge >= 0.3 is 0 Å². The molecule has 0 N–H and O–H groups in total. The lowest BCUT2D eigenvalue weighted by atomic mass is 9.81. The summed E-state index contributed by atoms with van der Waals surface area (Å²) in [6.07, 6.45) is 5.20. The van der Waals surface area contributed by atoms with Crippen molar-refractivity contribution in [3.63, 3.8) is 0 Å². The van der Waals surface area contributed by atoms with Gasteiger partial charge in [-0.15, -0.1) is 0 Å². The van der Waals surface area contributed by atoms with E-state index < -0.39 is 0 Å². The molecule has 1 fully saturated rings. The van der Waals surface area contributed by atoms with Crippen LogP contribution >= 0.6 is 0 Å². The molecule has 0 radical (unpaired) electrons. The highest BCUT2D eigenvalue weighted by Crippen LogP contribution is 2.42. The number of rotatable bonds is 4. The summed E-state index contributed by atoms with van der Waals surface area (Å²) in [5, 5.41) is 8.79. The van der Waals surface area contributed by atoms with Crippen molar-refractivity contribution in [1.29, 1.82) is 5.26 Å². The molecule has 0 aromatic heterocycles. The second kappa shape index (κ2) is 5.34. The Labute approximate surface area is 98.4 Å². The van der Waals surface area contributed by atoms with Gasteiger partial charge in [-0.1, -0.05) is 19.8 Å². The summed E-state index contributed by atoms with van der Waals surface area (Å²) in [4.78, 5) is 14.2. The molecule has 1 rings (SSSR count). The highest BCUT2D eigenvalue weighted by Gasteiger charge is 2.42. The Morgan fingerprint density at radius 1 is 1.44 bits per heavy atom. The number of carbonyl (C=O) groups excluding carboxylic acids is 1. The lowest BCUT2D eigenvalue weighted by Crippen LogP contribution is -2.46. The Morgan fingerprint density at radius 2 is 2.00 bits per heavy atom. The van der Waals surface area contributed by atoms with Gasteiger partial charge in [0.15, 0.2) is 0 Å². The highest BCUT2D eigenvalue weighted by molar-refractivity contribution is 5.83. The zero-order valence-electron chi connectivity index (χ0n) is 10.6. The molecule has 1 amide bonds. The van der Waals surface area contributed by atoms with Crippen molar-refractivity contribution in [3.8, 4) is 6.07 Å². The third-order valence-corrected chi connectivity index (χ3v) is 3.82. The summed E-state index contributed by atoms with van der Waals surface area (Å²) in [5.41, 5.74) is -0.166.